The van der Waals surface area contributed by atoms with Gasteiger partial charge in [-0.2, -0.15) is 0 Å². The van der Waals surface area contributed by atoms with Crippen molar-refractivity contribution in [3.63, 3.8) is 0 Å². The first-order chi connectivity index (χ1) is 13.6. The molecule has 0 unspecified atom stereocenters. The predicted molar refractivity (Wildman–Crippen MR) is 106 cm³/mol. The van der Waals surface area contributed by atoms with Crippen LogP contribution < -0.4 is 4.90 Å². The molecular weight excluding hydrogens is 380 g/mol. The number of anilines is 1. The summed E-state index contributed by atoms with van der Waals surface area (Å²) in [6, 6.07) is 11.4. The van der Waals surface area contributed by atoms with Gasteiger partial charge in [0.2, 0.25) is 0 Å². The predicted octanol–water partition coefficient (Wildman–Crippen LogP) is 3.83. The molecule has 7 heteroatoms. The second kappa shape index (κ2) is 8.34. The first-order valence-corrected chi connectivity index (χ1v) is 10.1. The maximum atomic E-state index is 13.9. The zero-order valence-electron chi connectivity index (χ0n) is 15.3. The summed E-state index contributed by atoms with van der Waals surface area (Å²) in [6.45, 7) is 3.35. The molecule has 0 aliphatic carbocycles. The van der Waals surface area contributed by atoms with Crippen LogP contribution in [-0.4, -0.2) is 41.2 Å². The van der Waals surface area contributed by atoms with Gasteiger partial charge in [0.05, 0.1) is 0 Å². The number of aliphatic hydroxyl groups is 1. The smallest absolute Gasteiger partial charge is 0.132 e. The molecule has 1 fully saturated rings. The van der Waals surface area contributed by atoms with E-state index in [-0.39, 0.29) is 5.82 Å². The lowest BCUT2D eigenvalue weighted by Crippen LogP contribution is -2.46. The van der Waals surface area contributed by atoms with Crippen LogP contribution in [0.1, 0.15) is 22.2 Å². The van der Waals surface area contributed by atoms with Crippen LogP contribution in [0.25, 0.3) is 0 Å². The number of hydrogen-bond donors (Lipinski definition) is 1. The van der Waals surface area contributed by atoms with Crippen molar-refractivity contribution in [2.24, 2.45) is 0 Å². The molecule has 3 aromatic rings. The van der Waals surface area contributed by atoms with Crippen molar-refractivity contribution < 1.29 is 13.9 Å². The monoisotopic (exact) mass is 401 g/mol. The van der Waals surface area contributed by atoms with Crippen LogP contribution in [0.4, 0.5) is 14.5 Å². The summed E-state index contributed by atoms with van der Waals surface area (Å²) in [4.78, 5) is 8.57. The lowest BCUT2D eigenvalue weighted by molar-refractivity contribution is 0.218. The SMILES string of the molecule is O[C@@H](c1nccs1)c1ccccc1N1CCN(Cc2cc(F)ccc2F)CC1. The Morgan fingerprint density at radius 2 is 1.86 bits per heavy atom. The van der Waals surface area contributed by atoms with Gasteiger partial charge in [-0.15, -0.1) is 11.3 Å². The molecule has 0 amide bonds. The Morgan fingerprint density at radius 3 is 2.61 bits per heavy atom. The second-order valence-electron chi connectivity index (χ2n) is 6.83. The average molecular weight is 401 g/mol. The number of aliphatic hydroxyl groups excluding tert-OH is 1. The van der Waals surface area contributed by atoms with E-state index in [0.717, 1.165) is 43.5 Å². The molecule has 1 atom stereocenters. The minimum atomic E-state index is -0.754. The first-order valence-electron chi connectivity index (χ1n) is 9.19. The second-order valence-corrected chi connectivity index (χ2v) is 7.76. The standard InChI is InChI=1S/C21H21F2N3OS/c22-16-5-6-18(23)15(13-16)14-25-8-10-26(11-9-25)19-4-2-1-3-17(19)20(27)21-24-7-12-28-21/h1-7,12-13,20,27H,8-11,14H2/t20-/m1/s1. The minimum Gasteiger partial charge on any atom is -0.381 e. The Bertz CT molecular complexity index is 927. The fraction of sp³-hybridized carbons (Fsp3) is 0.286. The summed E-state index contributed by atoms with van der Waals surface area (Å²) in [5.74, 6) is -0.791. The molecule has 4 nitrogen and oxygen atoms in total. The van der Waals surface area contributed by atoms with Crippen LogP contribution in [0.2, 0.25) is 0 Å². The van der Waals surface area contributed by atoms with Crippen molar-refractivity contribution >= 4 is 17.0 Å². The van der Waals surface area contributed by atoms with E-state index < -0.39 is 11.9 Å². The maximum Gasteiger partial charge on any atom is 0.132 e. The van der Waals surface area contributed by atoms with E-state index >= 15 is 0 Å². The quantitative estimate of drug-likeness (QED) is 0.706. The lowest BCUT2D eigenvalue weighted by Gasteiger charge is -2.37. The van der Waals surface area contributed by atoms with E-state index in [1.165, 1.54) is 23.5 Å². The summed E-state index contributed by atoms with van der Waals surface area (Å²) in [5.41, 5.74) is 2.21. The number of benzene rings is 2. The maximum absolute atomic E-state index is 13.9. The summed E-state index contributed by atoms with van der Waals surface area (Å²) in [7, 11) is 0. The molecule has 28 heavy (non-hydrogen) atoms. The molecule has 2 aromatic carbocycles. The number of piperazine rings is 1. The number of para-hydroxylation sites is 1. The molecule has 0 spiro atoms. The van der Waals surface area contributed by atoms with Gasteiger partial charge in [0.15, 0.2) is 0 Å². The average Bonchev–Trinajstić information content (AvgIpc) is 3.26. The van der Waals surface area contributed by atoms with Gasteiger partial charge in [0.1, 0.15) is 22.7 Å². The number of aromatic nitrogens is 1. The topological polar surface area (TPSA) is 39.6 Å². The number of thiazole rings is 1. The molecule has 1 saturated heterocycles. The minimum absolute atomic E-state index is 0.374. The third-order valence-corrected chi connectivity index (χ3v) is 5.86. The Labute approximate surface area is 166 Å². The molecule has 0 radical (unpaired) electrons. The van der Waals surface area contributed by atoms with Crippen LogP contribution in [0, 0.1) is 11.6 Å². The van der Waals surface area contributed by atoms with Crippen LogP contribution >= 0.6 is 11.3 Å². The normalized spacial score (nSPS) is 16.3. The Kier molecular flexibility index (Phi) is 5.66. The van der Waals surface area contributed by atoms with E-state index in [4.69, 9.17) is 0 Å². The van der Waals surface area contributed by atoms with Crippen molar-refractivity contribution in [1.29, 1.82) is 0 Å². The van der Waals surface area contributed by atoms with Crippen molar-refractivity contribution in [2.45, 2.75) is 12.6 Å². The fourth-order valence-electron chi connectivity index (χ4n) is 3.56. The van der Waals surface area contributed by atoms with Crippen molar-refractivity contribution in [2.75, 3.05) is 31.1 Å². The van der Waals surface area contributed by atoms with Crippen LogP contribution in [0.3, 0.4) is 0 Å². The largest absolute Gasteiger partial charge is 0.381 e. The van der Waals surface area contributed by atoms with Crippen molar-refractivity contribution in [1.82, 2.24) is 9.88 Å². The van der Waals surface area contributed by atoms with Gasteiger partial charge in [0, 0.05) is 61.1 Å². The third-order valence-electron chi connectivity index (χ3n) is 5.03. The Morgan fingerprint density at radius 1 is 1.07 bits per heavy atom. The van der Waals surface area contributed by atoms with Gasteiger partial charge in [0.25, 0.3) is 0 Å². The summed E-state index contributed by atoms with van der Waals surface area (Å²) >= 11 is 1.43. The van der Waals surface area contributed by atoms with Gasteiger partial charge in [-0.3, -0.25) is 4.90 Å². The molecular formula is C21H21F2N3OS. The van der Waals surface area contributed by atoms with Crippen LogP contribution in [0.5, 0.6) is 0 Å². The number of rotatable bonds is 5. The molecule has 0 bridgehead atoms. The molecule has 1 aliphatic heterocycles. The van der Waals surface area contributed by atoms with Crippen molar-refractivity contribution in [3.8, 4) is 0 Å². The molecule has 146 valence electrons. The van der Waals surface area contributed by atoms with Gasteiger partial charge in [-0.1, -0.05) is 18.2 Å². The van der Waals surface area contributed by atoms with E-state index in [2.05, 4.69) is 14.8 Å². The number of hydrogen-bond acceptors (Lipinski definition) is 5. The zero-order chi connectivity index (χ0) is 19.5. The third kappa shape index (κ3) is 4.06. The molecule has 0 saturated carbocycles. The summed E-state index contributed by atoms with van der Waals surface area (Å²) in [5, 5.41) is 13.3. The highest BCUT2D eigenvalue weighted by molar-refractivity contribution is 7.09. The zero-order valence-corrected chi connectivity index (χ0v) is 16.1. The highest BCUT2D eigenvalue weighted by atomic mass is 32.1. The Balaban J connectivity index is 1.45. The fourth-order valence-corrected chi connectivity index (χ4v) is 4.20. The van der Waals surface area contributed by atoms with Gasteiger partial charge >= 0.3 is 0 Å². The Hall–Kier alpha value is -2.35. The highest BCUT2D eigenvalue weighted by Gasteiger charge is 2.23. The number of nitrogens with zero attached hydrogens (tertiary/aromatic N) is 3. The first kappa shape index (κ1) is 19.0. The molecule has 1 N–H and O–H groups in total. The molecule has 4 rings (SSSR count). The van der Waals surface area contributed by atoms with E-state index in [0.29, 0.717) is 17.1 Å². The number of halogens is 2. The van der Waals surface area contributed by atoms with E-state index in [9.17, 15) is 13.9 Å². The van der Waals surface area contributed by atoms with Gasteiger partial charge < -0.3 is 10.0 Å². The van der Waals surface area contributed by atoms with Crippen LogP contribution in [-0.2, 0) is 6.54 Å². The van der Waals surface area contributed by atoms with Gasteiger partial charge in [-0.05, 0) is 24.3 Å². The van der Waals surface area contributed by atoms with E-state index in [1.54, 1.807) is 6.20 Å². The van der Waals surface area contributed by atoms with Crippen molar-refractivity contribution in [3.05, 3.63) is 81.8 Å². The summed E-state index contributed by atoms with van der Waals surface area (Å²) in [6.07, 6.45) is 0.937. The highest BCUT2D eigenvalue weighted by Crippen LogP contribution is 2.32. The molecule has 1 aromatic heterocycles. The van der Waals surface area contributed by atoms with E-state index in [1.807, 2.05) is 29.6 Å². The summed E-state index contributed by atoms with van der Waals surface area (Å²) < 4.78 is 27.3. The molecule has 2 heterocycles. The van der Waals surface area contributed by atoms with Crippen LogP contribution in [0.15, 0.2) is 54.0 Å². The lowest BCUT2D eigenvalue weighted by atomic mass is 10.1. The molecule has 1 aliphatic rings. The van der Waals surface area contributed by atoms with Gasteiger partial charge in [-0.25, -0.2) is 13.8 Å².